The van der Waals surface area contributed by atoms with Crippen LogP contribution in [0.15, 0.2) is 21.4 Å². The number of halogens is 1. The summed E-state index contributed by atoms with van der Waals surface area (Å²) in [6.45, 7) is 2.51. The lowest BCUT2D eigenvalue weighted by molar-refractivity contribution is -0.150. The lowest BCUT2D eigenvalue weighted by Crippen LogP contribution is -2.48. The minimum absolute atomic E-state index is 0.184. The van der Waals surface area contributed by atoms with Gasteiger partial charge in [0.05, 0.1) is 11.0 Å². The molecule has 0 saturated carbocycles. The van der Waals surface area contributed by atoms with Gasteiger partial charge in [0.25, 0.3) is 5.91 Å². The number of piperidine rings is 1. The molecule has 1 fully saturated rings. The summed E-state index contributed by atoms with van der Waals surface area (Å²) in [5, 5.41) is 9.21. The third-order valence-electron chi connectivity index (χ3n) is 3.31. The molecule has 18 heavy (non-hydrogen) atoms. The van der Waals surface area contributed by atoms with Gasteiger partial charge in [0.15, 0.2) is 4.67 Å². The van der Waals surface area contributed by atoms with Crippen LogP contribution in [0, 0.1) is 5.41 Å². The van der Waals surface area contributed by atoms with Crippen molar-refractivity contribution in [1.82, 2.24) is 4.90 Å². The summed E-state index contributed by atoms with van der Waals surface area (Å²) >= 11 is 3.14. The van der Waals surface area contributed by atoms with Crippen LogP contribution in [-0.2, 0) is 4.79 Å². The lowest BCUT2D eigenvalue weighted by Gasteiger charge is -2.37. The molecule has 2 heterocycles. The topological polar surface area (TPSA) is 70.8 Å². The van der Waals surface area contributed by atoms with Crippen molar-refractivity contribution in [2.75, 3.05) is 13.1 Å². The summed E-state index contributed by atoms with van der Waals surface area (Å²) in [6, 6.07) is 1.59. The van der Waals surface area contributed by atoms with Gasteiger partial charge in [-0.1, -0.05) is 0 Å². The fourth-order valence-corrected chi connectivity index (χ4v) is 2.53. The van der Waals surface area contributed by atoms with Crippen LogP contribution in [0.25, 0.3) is 0 Å². The lowest BCUT2D eigenvalue weighted by atomic mass is 9.82. The largest absolute Gasteiger partial charge is 0.481 e. The van der Waals surface area contributed by atoms with E-state index in [2.05, 4.69) is 15.9 Å². The smallest absolute Gasteiger partial charge is 0.311 e. The van der Waals surface area contributed by atoms with Crippen molar-refractivity contribution in [3.63, 3.8) is 0 Å². The first-order valence-electron chi connectivity index (χ1n) is 5.69. The molecule has 98 valence electrons. The highest BCUT2D eigenvalue weighted by atomic mass is 79.9. The van der Waals surface area contributed by atoms with Crippen molar-refractivity contribution >= 4 is 27.8 Å². The first kappa shape index (κ1) is 13.1. The van der Waals surface area contributed by atoms with Crippen LogP contribution in [0.4, 0.5) is 0 Å². The minimum atomic E-state index is -0.853. The third-order valence-corrected chi connectivity index (χ3v) is 3.73. The summed E-state index contributed by atoms with van der Waals surface area (Å²) in [7, 11) is 0. The number of likely N-dealkylation sites (tertiary alicyclic amines) is 1. The third kappa shape index (κ3) is 2.43. The number of rotatable bonds is 2. The number of hydrogen-bond donors (Lipinski definition) is 1. The molecule has 2 rings (SSSR count). The highest BCUT2D eigenvalue weighted by Crippen LogP contribution is 2.30. The molecule has 1 amide bonds. The molecule has 0 aliphatic carbocycles. The van der Waals surface area contributed by atoms with Gasteiger partial charge >= 0.3 is 5.97 Å². The molecule has 1 saturated heterocycles. The van der Waals surface area contributed by atoms with Gasteiger partial charge < -0.3 is 14.4 Å². The van der Waals surface area contributed by atoms with Crippen LogP contribution in [0.5, 0.6) is 0 Å². The SMILES string of the molecule is CC1(C(=O)O)CCCN(C(=O)c2coc(Br)c2)C1. The van der Waals surface area contributed by atoms with Gasteiger partial charge in [0, 0.05) is 19.2 Å². The van der Waals surface area contributed by atoms with Gasteiger partial charge in [-0.05, 0) is 35.7 Å². The summed E-state index contributed by atoms with van der Waals surface area (Å²) in [4.78, 5) is 25.0. The first-order chi connectivity index (χ1) is 8.42. The number of amides is 1. The molecule has 1 atom stereocenters. The van der Waals surface area contributed by atoms with Crippen molar-refractivity contribution < 1.29 is 19.1 Å². The van der Waals surface area contributed by atoms with Crippen molar-refractivity contribution in [3.05, 3.63) is 22.6 Å². The Bertz CT molecular complexity index is 484. The Balaban J connectivity index is 2.14. The van der Waals surface area contributed by atoms with E-state index in [1.807, 2.05) is 0 Å². The number of carboxylic acid groups (broad SMARTS) is 1. The Labute approximate surface area is 113 Å². The van der Waals surface area contributed by atoms with Gasteiger partial charge in [-0.25, -0.2) is 0 Å². The van der Waals surface area contributed by atoms with Crippen LogP contribution in [0.1, 0.15) is 30.1 Å². The predicted octanol–water partition coefficient (Wildman–Crippen LogP) is 2.37. The highest BCUT2D eigenvalue weighted by Gasteiger charge is 2.39. The predicted molar refractivity (Wildman–Crippen MR) is 67.3 cm³/mol. The van der Waals surface area contributed by atoms with Crippen molar-refractivity contribution in [2.24, 2.45) is 5.41 Å². The monoisotopic (exact) mass is 315 g/mol. The quantitative estimate of drug-likeness (QED) is 0.909. The highest BCUT2D eigenvalue weighted by molar-refractivity contribution is 9.10. The maximum Gasteiger partial charge on any atom is 0.311 e. The molecule has 0 radical (unpaired) electrons. The van der Waals surface area contributed by atoms with E-state index in [-0.39, 0.29) is 12.5 Å². The summed E-state index contributed by atoms with van der Waals surface area (Å²) in [6.07, 6.45) is 2.67. The van der Waals surface area contributed by atoms with Crippen LogP contribution in [-0.4, -0.2) is 35.0 Å². The standard InChI is InChI=1S/C12H14BrNO4/c1-12(11(16)17)3-2-4-14(7-12)10(15)8-5-9(13)18-6-8/h5-6H,2-4,7H2,1H3,(H,16,17). The van der Waals surface area contributed by atoms with E-state index in [4.69, 9.17) is 4.42 Å². The molecule has 0 spiro atoms. The minimum Gasteiger partial charge on any atom is -0.481 e. The van der Waals surface area contributed by atoms with E-state index in [0.717, 1.165) is 0 Å². The zero-order valence-electron chi connectivity index (χ0n) is 9.98. The van der Waals surface area contributed by atoms with Gasteiger partial charge in [-0.15, -0.1) is 0 Å². The fourth-order valence-electron chi connectivity index (χ4n) is 2.19. The van der Waals surface area contributed by atoms with Gasteiger partial charge in [-0.2, -0.15) is 0 Å². The summed E-state index contributed by atoms with van der Waals surface area (Å²) in [5.41, 5.74) is -0.411. The van der Waals surface area contributed by atoms with Gasteiger partial charge in [0.1, 0.15) is 6.26 Å². The van der Waals surface area contributed by atoms with Crippen LogP contribution >= 0.6 is 15.9 Å². The van der Waals surface area contributed by atoms with Crippen molar-refractivity contribution in [1.29, 1.82) is 0 Å². The average Bonchev–Trinajstić information content (AvgIpc) is 2.75. The molecule has 1 aliphatic heterocycles. The van der Waals surface area contributed by atoms with E-state index < -0.39 is 11.4 Å². The van der Waals surface area contributed by atoms with E-state index in [0.29, 0.717) is 29.6 Å². The second-order valence-corrected chi connectivity index (χ2v) is 5.62. The molecule has 0 aromatic carbocycles. The van der Waals surface area contributed by atoms with Crippen LogP contribution < -0.4 is 0 Å². The Morgan fingerprint density at radius 2 is 2.28 bits per heavy atom. The molecule has 6 heteroatoms. The average molecular weight is 316 g/mol. The molecule has 1 aliphatic rings. The number of furan rings is 1. The zero-order valence-corrected chi connectivity index (χ0v) is 11.6. The molecule has 5 nitrogen and oxygen atoms in total. The molecule has 1 unspecified atom stereocenters. The maximum absolute atomic E-state index is 12.2. The first-order valence-corrected chi connectivity index (χ1v) is 6.48. The maximum atomic E-state index is 12.2. The van der Waals surface area contributed by atoms with Gasteiger partial charge in [-0.3, -0.25) is 9.59 Å². The summed E-state index contributed by atoms with van der Waals surface area (Å²) in [5.74, 6) is -1.04. The number of hydrogen-bond acceptors (Lipinski definition) is 3. The Morgan fingerprint density at radius 1 is 1.56 bits per heavy atom. The second kappa shape index (κ2) is 4.76. The second-order valence-electron chi connectivity index (χ2n) is 4.84. The van der Waals surface area contributed by atoms with Crippen LogP contribution in [0.3, 0.4) is 0 Å². The van der Waals surface area contributed by atoms with Crippen molar-refractivity contribution in [2.45, 2.75) is 19.8 Å². The normalized spacial score (nSPS) is 24.0. The van der Waals surface area contributed by atoms with Gasteiger partial charge in [0.2, 0.25) is 0 Å². The molecule has 0 bridgehead atoms. The number of carbonyl (C=O) groups excluding carboxylic acids is 1. The number of aliphatic carboxylic acids is 1. The molecular formula is C12H14BrNO4. The van der Waals surface area contributed by atoms with E-state index >= 15 is 0 Å². The Morgan fingerprint density at radius 3 is 2.83 bits per heavy atom. The van der Waals surface area contributed by atoms with E-state index in [1.165, 1.54) is 6.26 Å². The fraction of sp³-hybridized carbons (Fsp3) is 0.500. The number of nitrogens with zero attached hydrogens (tertiary/aromatic N) is 1. The molecule has 1 aromatic rings. The van der Waals surface area contributed by atoms with E-state index in [1.54, 1.807) is 17.9 Å². The molecular weight excluding hydrogens is 302 g/mol. The molecule has 1 N–H and O–H groups in total. The van der Waals surface area contributed by atoms with E-state index in [9.17, 15) is 14.7 Å². The number of carbonyl (C=O) groups is 2. The summed E-state index contributed by atoms with van der Waals surface area (Å²) < 4.78 is 5.52. The number of carboxylic acids is 1. The Kier molecular flexibility index (Phi) is 3.47. The van der Waals surface area contributed by atoms with Crippen molar-refractivity contribution in [3.8, 4) is 0 Å². The van der Waals surface area contributed by atoms with Crippen LogP contribution in [0.2, 0.25) is 0 Å². The Hall–Kier alpha value is -1.30. The zero-order chi connectivity index (χ0) is 13.3. The molecule has 1 aromatic heterocycles.